The molecule has 4 aromatic rings. The van der Waals surface area contributed by atoms with Gasteiger partial charge in [-0.2, -0.15) is 0 Å². The van der Waals surface area contributed by atoms with E-state index in [1.807, 2.05) is 6.92 Å². The summed E-state index contributed by atoms with van der Waals surface area (Å²) in [5, 5.41) is 14.3. The molecule has 0 saturated heterocycles. The van der Waals surface area contributed by atoms with Gasteiger partial charge in [-0.1, -0.05) is 23.7 Å². The highest BCUT2D eigenvalue weighted by Gasteiger charge is 2.21. The largest absolute Gasteiger partial charge is 0.337 e. The fourth-order valence-electron chi connectivity index (χ4n) is 3.48. The highest BCUT2D eigenvalue weighted by atomic mass is 35.5. The lowest BCUT2D eigenvalue weighted by Crippen LogP contribution is -2.40. The topological polar surface area (TPSA) is 116 Å². The predicted molar refractivity (Wildman–Crippen MR) is 128 cm³/mol. The third-order valence-electron chi connectivity index (χ3n) is 5.16. The lowest BCUT2D eigenvalue weighted by molar-refractivity contribution is -0.384. The van der Waals surface area contributed by atoms with Crippen LogP contribution in [0.3, 0.4) is 0 Å². The Morgan fingerprint density at radius 3 is 2.58 bits per heavy atom. The van der Waals surface area contributed by atoms with Crippen LogP contribution in [0.1, 0.15) is 10.4 Å². The summed E-state index contributed by atoms with van der Waals surface area (Å²) in [6, 6.07) is 11.8. The van der Waals surface area contributed by atoms with Crippen molar-refractivity contribution in [2.24, 2.45) is 0 Å². The highest BCUT2D eigenvalue weighted by Crippen LogP contribution is 2.27. The van der Waals surface area contributed by atoms with Crippen LogP contribution in [0.4, 0.5) is 11.4 Å². The number of amides is 1. The summed E-state index contributed by atoms with van der Waals surface area (Å²) in [6.45, 7) is 3.23. The molecule has 0 fully saturated rings. The maximum Gasteiger partial charge on any atom is 0.337 e. The maximum absolute atomic E-state index is 13.4. The van der Waals surface area contributed by atoms with Crippen molar-refractivity contribution in [2.75, 3.05) is 5.32 Å². The Balaban J connectivity index is 1.83. The van der Waals surface area contributed by atoms with Crippen LogP contribution in [0.25, 0.3) is 15.9 Å². The van der Waals surface area contributed by atoms with E-state index >= 15 is 0 Å². The molecular formula is C22H17ClN4O5S. The Hall–Kier alpha value is -3.76. The molecule has 2 heterocycles. The Labute approximate surface area is 195 Å². The van der Waals surface area contributed by atoms with E-state index in [1.54, 1.807) is 25.1 Å². The zero-order chi connectivity index (χ0) is 23.9. The Morgan fingerprint density at radius 2 is 1.88 bits per heavy atom. The molecule has 0 aliphatic heterocycles. The summed E-state index contributed by atoms with van der Waals surface area (Å²) in [7, 11) is 0. The smallest absolute Gasteiger partial charge is 0.324 e. The van der Waals surface area contributed by atoms with Crippen LogP contribution in [-0.2, 0) is 11.3 Å². The SMILES string of the molecule is Cc1sc2c(c1C)c(=O)n(-c1cccc(Cl)c1)c(=O)n2CC(=O)Nc1cccc([N+](=O)[O-])c1. The first-order valence-electron chi connectivity index (χ1n) is 9.73. The van der Waals surface area contributed by atoms with Crippen LogP contribution in [0.5, 0.6) is 0 Å². The van der Waals surface area contributed by atoms with Crippen molar-refractivity contribution >= 4 is 50.4 Å². The number of nitrogens with one attached hydrogen (secondary N) is 1. The molecule has 11 heteroatoms. The summed E-state index contributed by atoms with van der Waals surface area (Å²) in [6.07, 6.45) is 0. The lowest BCUT2D eigenvalue weighted by atomic mass is 10.2. The van der Waals surface area contributed by atoms with Gasteiger partial charge in [-0.3, -0.25) is 24.3 Å². The summed E-state index contributed by atoms with van der Waals surface area (Å²) in [5.74, 6) is -0.570. The van der Waals surface area contributed by atoms with E-state index in [9.17, 15) is 24.5 Å². The number of hydrogen-bond donors (Lipinski definition) is 1. The lowest BCUT2D eigenvalue weighted by Gasteiger charge is -2.13. The van der Waals surface area contributed by atoms with Crippen molar-refractivity contribution < 1.29 is 9.72 Å². The number of anilines is 1. The molecule has 1 N–H and O–H groups in total. The van der Waals surface area contributed by atoms with Crippen LogP contribution >= 0.6 is 22.9 Å². The zero-order valence-corrected chi connectivity index (χ0v) is 19.1. The number of hydrogen-bond acceptors (Lipinski definition) is 6. The average molecular weight is 485 g/mol. The first-order valence-corrected chi connectivity index (χ1v) is 10.9. The number of nitro groups is 1. The van der Waals surface area contributed by atoms with Gasteiger partial charge in [-0.25, -0.2) is 9.36 Å². The molecule has 0 aliphatic carbocycles. The van der Waals surface area contributed by atoms with Gasteiger partial charge in [0.05, 0.1) is 16.0 Å². The number of aromatic nitrogens is 2. The second kappa shape index (κ2) is 8.64. The van der Waals surface area contributed by atoms with Crippen molar-refractivity contribution in [3.05, 3.63) is 94.9 Å². The molecule has 0 aliphatic rings. The summed E-state index contributed by atoms with van der Waals surface area (Å²) in [5.41, 5.74) is -0.120. The van der Waals surface area contributed by atoms with Crippen molar-refractivity contribution in [1.82, 2.24) is 9.13 Å². The van der Waals surface area contributed by atoms with Crippen LogP contribution in [0, 0.1) is 24.0 Å². The maximum atomic E-state index is 13.4. The average Bonchev–Trinajstić information content (AvgIpc) is 3.06. The molecule has 2 aromatic heterocycles. The molecule has 0 saturated carbocycles. The van der Waals surface area contributed by atoms with E-state index in [2.05, 4.69) is 5.32 Å². The quantitative estimate of drug-likeness (QED) is 0.339. The number of rotatable bonds is 5. The fraction of sp³-hybridized carbons (Fsp3) is 0.136. The minimum Gasteiger partial charge on any atom is -0.324 e. The third-order valence-corrected chi connectivity index (χ3v) is 6.63. The van der Waals surface area contributed by atoms with Gasteiger partial charge in [0, 0.05) is 27.7 Å². The third kappa shape index (κ3) is 4.18. The monoisotopic (exact) mass is 484 g/mol. The Morgan fingerprint density at radius 1 is 1.15 bits per heavy atom. The van der Waals surface area contributed by atoms with Crippen molar-refractivity contribution in [1.29, 1.82) is 0 Å². The fourth-order valence-corrected chi connectivity index (χ4v) is 4.81. The van der Waals surface area contributed by atoms with Crippen LogP contribution < -0.4 is 16.6 Å². The molecule has 9 nitrogen and oxygen atoms in total. The number of carbonyl (C=O) groups is 1. The van der Waals surface area contributed by atoms with Crippen molar-refractivity contribution in [3.63, 3.8) is 0 Å². The van der Waals surface area contributed by atoms with Crippen molar-refractivity contribution in [3.8, 4) is 5.69 Å². The second-order valence-electron chi connectivity index (χ2n) is 7.31. The normalized spacial score (nSPS) is 11.0. The standard InChI is InChI=1S/C22H17ClN4O5S/c1-12-13(2)33-21-19(12)20(29)26(16-7-3-5-14(23)9-16)22(30)25(21)11-18(28)24-15-6-4-8-17(10-15)27(31)32/h3-10H,11H2,1-2H3,(H,24,28). The number of thiophene rings is 1. The number of fused-ring (bicyclic) bond motifs is 1. The van der Waals surface area contributed by atoms with E-state index in [0.717, 1.165) is 15.0 Å². The predicted octanol–water partition coefficient (Wildman–Crippen LogP) is 4.03. The number of benzene rings is 2. The number of carbonyl (C=O) groups excluding carboxylic acids is 1. The van der Waals surface area contributed by atoms with Gasteiger partial charge in [-0.15, -0.1) is 11.3 Å². The summed E-state index contributed by atoms with van der Waals surface area (Å²) in [4.78, 5) is 51.1. The van der Waals surface area contributed by atoms with E-state index in [1.165, 1.54) is 46.2 Å². The van der Waals surface area contributed by atoms with E-state index in [-0.39, 0.29) is 17.1 Å². The Bertz CT molecular complexity index is 1550. The molecule has 4 rings (SSSR count). The van der Waals surface area contributed by atoms with E-state index < -0.39 is 28.6 Å². The van der Waals surface area contributed by atoms with Gasteiger partial charge < -0.3 is 5.32 Å². The summed E-state index contributed by atoms with van der Waals surface area (Å²) >= 11 is 7.32. The van der Waals surface area contributed by atoms with Gasteiger partial charge in [0.2, 0.25) is 5.91 Å². The van der Waals surface area contributed by atoms with Crippen LogP contribution in [0.15, 0.2) is 58.1 Å². The summed E-state index contributed by atoms with van der Waals surface area (Å²) < 4.78 is 2.23. The molecule has 33 heavy (non-hydrogen) atoms. The molecular weight excluding hydrogens is 468 g/mol. The van der Waals surface area contributed by atoms with Crippen LogP contribution in [0.2, 0.25) is 5.02 Å². The first-order chi connectivity index (χ1) is 15.7. The molecule has 0 unspecified atom stereocenters. The van der Waals surface area contributed by atoms with Gasteiger partial charge in [0.15, 0.2) is 0 Å². The van der Waals surface area contributed by atoms with E-state index in [4.69, 9.17) is 11.6 Å². The number of nitro benzene ring substituents is 1. The number of halogens is 1. The molecule has 0 spiro atoms. The van der Waals surface area contributed by atoms with Crippen LogP contribution in [-0.4, -0.2) is 20.0 Å². The number of nitrogens with zero attached hydrogens (tertiary/aromatic N) is 3. The van der Waals surface area contributed by atoms with E-state index in [0.29, 0.717) is 15.2 Å². The molecule has 2 aromatic carbocycles. The molecule has 0 atom stereocenters. The minimum atomic E-state index is -0.690. The number of non-ortho nitro benzene ring substituents is 1. The minimum absolute atomic E-state index is 0.175. The van der Waals surface area contributed by atoms with Gasteiger partial charge >= 0.3 is 5.69 Å². The molecule has 168 valence electrons. The number of aryl methyl sites for hydroxylation is 2. The Kier molecular flexibility index (Phi) is 5.88. The van der Waals surface area contributed by atoms with Crippen molar-refractivity contribution in [2.45, 2.75) is 20.4 Å². The molecule has 0 bridgehead atoms. The van der Waals surface area contributed by atoms with Gasteiger partial charge in [0.25, 0.3) is 11.2 Å². The second-order valence-corrected chi connectivity index (χ2v) is 8.95. The zero-order valence-electron chi connectivity index (χ0n) is 17.5. The molecule has 1 amide bonds. The highest BCUT2D eigenvalue weighted by molar-refractivity contribution is 7.18. The first kappa shape index (κ1) is 22.4. The van der Waals surface area contributed by atoms with Gasteiger partial charge in [-0.05, 0) is 43.7 Å². The molecule has 0 radical (unpaired) electrons. The van der Waals surface area contributed by atoms with Gasteiger partial charge in [0.1, 0.15) is 11.4 Å².